The monoisotopic (exact) mass is 439 g/mol. The van der Waals surface area contributed by atoms with Crippen LogP contribution in [0.1, 0.15) is 17.3 Å². The molecular formula is C18H19Cl2N5O4. The van der Waals surface area contributed by atoms with Crippen molar-refractivity contribution in [2.45, 2.75) is 6.92 Å². The van der Waals surface area contributed by atoms with E-state index in [1.54, 1.807) is 25.1 Å². The normalized spacial score (nSPS) is 9.52. The number of hydrogen-bond donors (Lipinski definition) is 4. The molecule has 0 saturated heterocycles. The van der Waals surface area contributed by atoms with Gasteiger partial charge in [-0.1, -0.05) is 64.4 Å². The molecule has 0 aliphatic heterocycles. The van der Waals surface area contributed by atoms with Crippen LogP contribution in [0.25, 0.3) is 11.3 Å². The van der Waals surface area contributed by atoms with Gasteiger partial charge >= 0.3 is 11.9 Å². The lowest BCUT2D eigenvalue weighted by Crippen LogP contribution is -2.20. The topological polar surface area (TPSA) is 173 Å². The zero-order chi connectivity index (χ0) is 22.0. The molecule has 0 saturated carbocycles. The number of carboxylic acid groups (broad SMARTS) is 1. The molecule has 0 bridgehead atoms. The maximum Gasteiger partial charge on any atom is 0.364 e. The molecule has 0 radical (unpaired) electrons. The van der Waals surface area contributed by atoms with Gasteiger partial charge in [0.05, 0.1) is 15.6 Å². The summed E-state index contributed by atoms with van der Waals surface area (Å²) in [6.45, 7) is 1.93. The lowest BCUT2D eigenvalue weighted by atomic mass is 10.1. The second-order valence-corrected chi connectivity index (χ2v) is 5.98. The van der Waals surface area contributed by atoms with Gasteiger partial charge in [-0.25, -0.2) is 9.78 Å². The number of benzene rings is 2. The number of aliphatic hydroxyl groups is 1. The summed E-state index contributed by atoms with van der Waals surface area (Å²) < 4.78 is 0. The lowest BCUT2D eigenvalue weighted by Gasteiger charge is -2.07. The minimum Gasteiger partial charge on any atom is -0.872 e. The fraction of sp³-hybridized carbons (Fsp3) is 0.111. The molecule has 1 heterocycles. The van der Waals surface area contributed by atoms with Crippen LogP contribution in [0.15, 0.2) is 42.5 Å². The van der Waals surface area contributed by atoms with Gasteiger partial charge in [0.25, 0.3) is 0 Å². The van der Waals surface area contributed by atoms with Crippen LogP contribution in [-0.4, -0.2) is 33.0 Å². The number of carboxylic acids is 1. The number of carbonyl (C=O) groups is 1. The van der Waals surface area contributed by atoms with Gasteiger partial charge in [-0.05, 0) is 19.1 Å². The van der Waals surface area contributed by atoms with Crippen molar-refractivity contribution in [3.05, 3.63) is 58.1 Å². The Balaban J connectivity index is 0.000000277. The Hall–Kier alpha value is -3.14. The molecule has 1 aromatic heterocycles. The standard InChI is InChI=1S/C9H7Cl2N5.C7H6O3.C2H6O/c10-5-3-1-2-4(6(5)11)7-8(12)14-9(13)16-15-7;8-6-4-2-1-3-5(6)7(9)10;1-2-3/h1-3H,(H4,12,13,14,16);1-4,8H,(H,9,10);3H,2H2,1H3. The van der Waals surface area contributed by atoms with Gasteiger partial charge in [-0.2, -0.15) is 0 Å². The van der Waals surface area contributed by atoms with Crippen LogP contribution in [0.5, 0.6) is 5.75 Å². The number of H-pyrrole nitrogens is 1. The second kappa shape index (κ2) is 11.6. The molecule has 0 unspecified atom stereocenters. The molecule has 0 atom stereocenters. The Kier molecular flexibility index (Phi) is 9.60. The Morgan fingerprint density at radius 2 is 1.76 bits per heavy atom. The van der Waals surface area contributed by atoms with Crippen molar-refractivity contribution in [1.29, 1.82) is 0 Å². The van der Waals surface area contributed by atoms with E-state index in [1.165, 1.54) is 24.3 Å². The molecule has 3 rings (SSSR count). The van der Waals surface area contributed by atoms with E-state index in [2.05, 4.69) is 15.2 Å². The summed E-state index contributed by atoms with van der Waals surface area (Å²) in [5.74, 6) is -1.20. The number of para-hydroxylation sites is 1. The van der Waals surface area contributed by atoms with Crippen molar-refractivity contribution in [1.82, 2.24) is 10.2 Å². The van der Waals surface area contributed by atoms with Crippen molar-refractivity contribution in [3.8, 4) is 17.0 Å². The van der Waals surface area contributed by atoms with E-state index in [0.29, 0.717) is 21.3 Å². The fourth-order valence-corrected chi connectivity index (χ4v) is 2.30. The van der Waals surface area contributed by atoms with E-state index in [-0.39, 0.29) is 23.9 Å². The number of nitrogens with one attached hydrogen (secondary N) is 1. The molecule has 9 nitrogen and oxygen atoms in total. The summed E-state index contributed by atoms with van der Waals surface area (Å²) in [4.78, 5) is 12.9. The Bertz CT molecular complexity index is 973. The zero-order valence-corrected chi connectivity index (χ0v) is 16.8. The number of aromatic carboxylic acids is 1. The number of nitrogens with zero attached hydrogens (tertiary/aromatic N) is 2. The first-order valence-electron chi connectivity index (χ1n) is 8.08. The van der Waals surface area contributed by atoms with Gasteiger partial charge in [0.2, 0.25) is 5.82 Å². The predicted molar refractivity (Wildman–Crippen MR) is 108 cm³/mol. The smallest absolute Gasteiger partial charge is 0.364 e. The lowest BCUT2D eigenvalue weighted by molar-refractivity contribution is -0.347. The van der Waals surface area contributed by atoms with Crippen LogP contribution in [0.4, 0.5) is 11.8 Å². The molecular weight excluding hydrogens is 421 g/mol. The fourth-order valence-electron chi connectivity index (χ4n) is 1.91. The number of nitrogens with two attached hydrogens (primary N) is 2. The Morgan fingerprint density at radius 1 is 1.14 bits per heavy atom. The minimum atomic E-state index is -1.18. The Labute approximate surface area is 176 Å². The van der Waals surface area contributed by atoms with Crippen molar-refractivity contribution < 1.29 is 25.1 Å². The van der Waals surface area contributed by atoms with Gasteiger partial charge in [-0.3, -0.25) is 0 Å². The van der Waals surface area contributed by atoms with E-state index in [9.17, 15) is 9.90 Å². The number of rotatable bonds is 2. The summed E-state index contributed by atoms with van der Waals surface area (Å²) in [5.41, 5.74) is 12.0. The van der Waals surface area contributed by atoms with Gasteiger partial charge in [0.15, 0.2) is 5.69 Å². The molecule has 7 N–H and O–H groups in total. The first-order chi connectivity index (χ1) is 13.7. The average Bonchev–Trinajstić information content (AvgIpc) is 2.66. The largest absolute Gasteiger partial charge is 0.872 e. The zero-order valence-electron chi connectivity index (χ0n) is 15.3. The van der Waals surface area contributed by atoms with E-state index in [0.717, 1.165) is 0 Å². The molecule has 29 heavy (non-hydrogen) atoms. The van der Waals surface area contributed by atoms with Crippen molar-refractivity contribution in [2.75, 3.05) is 18.1 Å². The van der Waals surface area contributed by atoms with Crippen LogP contribution in [0.2, 0.25) is 10.0 Å². The highest BCUT2D eigenvalue weighted by Crippen LogP contribution is 2.33. The van der Waals surface area contributed by atoms with E-state index in [1.807, 2.05) is 0 Å². The van der Waals surface area contributed by atoms with E-state index >= 15 is 0 Å². The molecule has 0 aliphatic carbocycles. The predicted octanol–water partition coefficient (Wildman–Crippen LogP) is 1.89. The second-order valence-electron chi connectivity index (χ2n) is 5.19. The number of aromatic nitrogens is 3. The summed E-state index contributed by atoms with van der Waals surface area (Å²) in [7, 11) is 0. The van der Waals surface area contributed by atoms with Gasteiger partial charge in [0.1, 0.15) is 0 Å². The van der Waals surface area contributed by atoms with Gasteiger partial charge in [0, 0.05) is 17.3 Å². The van der Waals surface area contributed by atoms with Gasteiger partial charge < -0.3 is 26.8 Å². The molecule has 154 valence electrons. The SMILES string of the molecule is CCO.Nc1nnc(-c2cccc(Cl)c2Cl)c(N)[nH+]1.O=C(O)c1ccccc1[O-]. The number of hydrogen-bond acceptors (Lipinski definition) is 7. The maximum atomic E-state index is 10.7. The molecule has 3 aromatic rings. The van der Waals surface area contributed by atoms with Crippen LogP contribution in [0, 0.1) is 0 Å². The highest BCUT2D eigenvalue weighted by Gasteiger charge is 2.15. The maximum absolute atomic E-state index is 10.7. The third-order valence-electron chi connectivity index (χ3n) is 3.10. The number of nitrogen functional groups attached to an aromatic ring is 2. The summed E-state index contributed by atoms with van der Waals surface area (Å²) in [6, 6.07) is 10.7. The molecule has 0 amide bonds. The van der Waals surface area contributed by atoms with Crippen LogP contribution in [0.3, 0.4) is 0 Å². The summed E-state index contributed by atoms with van der Waals surface area (Å²) in [6.07, 6.45) is 0. The summed E-state index contributed by atoms with van der Waals surface area (Å²) >= 11 is 11.9. The first-order valence-corrected chi connectivity index (χ1v) is 8.84. The number of halogens is 2. The first kappa shape index (κ1) is 23.9. The molecule has 0 fully saturated rings. The molecule has 0 aliphatic rings. The van der Waals surface area contributed by atoms with Crippen LogP contribution >= 0.6 is 23.2 Å². The third kappa shape index (κ3) is 7.07. The number of aliphatic hydroxyl groups excluding tert-OH is 1. The average molecular weight is 440 g/mol. The van der Waals surface area contributed by atoms with Crippen LogP contribution in [-0.2, 0) is 0 Å². The van der Waals surface area contributed by atoms with Crippen molar-refractivity contribution in [3.63, 3.8) is 0 Å². The highest BCUT2D eigenvalue weighted by molar-refractivity contribution is 6.43. The van der Waals surface area contributed by atoms with E-state index in [4.69, 9.17) is 44.9 Å². The van der Waals surface area contributed by atoms with Crippen molar-refractivity contribution >= 4 is 40.9 Å². The van der Waals surface area contributed by atoms with Crippen molar-refractivity contribution in [2.24, 2.45) is 0 Å². The molecule has 11 heteroatoms. The molecule has 2 aromatic carbocycles. The highest BCUT2D eigenvalue weighted by atomic mass is 35.5. The number of anilines is 2. The Morgan fingerprint density at radius 3 is 2.28 bits per heavy atom. The van der Waals surface area contributed by atoms with Crippen LogP contribution < -0.4 is 21.6 Å². The van der Waals surface area contributed by atoms with E-state index < -0.39 is 11.7 Å². The molecule has 0 spiro atoms. The summed E-state index contributed by atoms with van der Waals surface area (Å²) in [5, 5.41) is 35.0. The van der Waals surface area contributed by atoms with Gasteiger partial charge in [-0.15, -0.1) is 0 Å². The third-order valence-corrected chi connectivity index (χ3v) is 3.92. The number of aromatic amines is 1. The quantitative estimate of drug-likeness (QED) is 0.467. The minimum absolute atomic E-state index is 0.138.